The molecule has 0 aliphatic rings. The summed E-state index contributed by atoms with van der Waals surface area (Å²) < 4.78 is 0. The van der Waals surface area contributed by atoms with E-state index in [0.717, 1.165) is 5.69 Å². The lowest BCUT2D eigenvalue weighted by Crippen LogP contribution is -2.19. The van der Waals surface area contributed by atoms with E-state index in [-0.39, 0.29) is 5.69 Å². The standard InChI is InChI=1S/C14H14N2O2/c1-2-16(11-7-4-3-5-8-11)12-9-6-10-15-13(12)14(17)18/h3-10H,2H2,1H3,(H,17,18). The second kappa shape index (κ2) is 5.31. The Labute approximate surface area is 106 Å². The van der Waals surface area contributed by atoms with Crippen LogP contribution in [0, 0.1) is 0 Å². The van der Waals surface area contributed by atoms with E-state index < -0.39 is 5.97 Å². The number of aromatic nitrogens is 1. The molecule has 0 saturated carbocycles. The van der Waals surface area contributed by atoms with Gasteiger partial charge in [-0.3, -0.25) is 0 Å². The highest BCUT2D eigenvalue weighted by Crippen LogP contribution is 2.26. The summed E-state index contributed by atoms with van der Waals surface area (Å²) in [6.45, 7) is 2.65. The maximum atomic E-state index is 11.2. The van der Waals surface area contributed by atoms with Crippen molar-refractivity contribution in [2.24, 2.45) is 0 Å². The van der Waals surface area contributed by atoms with Crippen LogP contribution in [0.15, 0.2) is 48.7 Å². The Morgan fingerprint density at radius 2 is 1.94 bits per heavy atom. The van der Waals surface area contributed by atoms with Gasteiger partial charge in [0.15, 0.2) is 5.69 Å². The Kier molecular flexibility index (Phi) is 3.57. The van der Waals surface area contributed by atoms with Crippen molar-refractivity contribution in [1.29, 1.82) is 0 Å². The lowest BCUT2D eigenvalue weighted by molar-refractivity contribution is 0.0691. The van der Waals surface area contributed by atoms with Gasteiger partial charge in [0, 0.05) is 18.4 Å². The predicted molar refractivity (Wildman–Crippen MR) is 70.3 cm³/mol. The van der Waals surface area contributed by atoms with Gasteiger partial charge in [-0.1, -0.05) is 18.2 Å². The summed E-state index contributed by atoms with van der Waals surface area (Å²) in [6, 6.07) is 13.2. The van der Waals surface area contributed by atoms with Crippen molar-refractivity contribution in [3.8, 4) is 0 Å². The third-order valence-electron chi connectivity index (χ3n) is 2.66. The zero-order chi connectivity index (χ0) is 13.0. The van der Waals surface area contributed by atoms with Gasteiger partial charge >= 0.3 is 5.97 Å². The van der Waals surface area contributed by atoms with Crippen molar-refractivity contribution >= 4 is 17.3 Å². The number of carbonyl (C=O) groups is 1. The van der Waals surface area contributed by atoms with E-state index in [0.29, 0.717) is 12.2 Å². The number of para-hydroxylation sites is 1. The summed E-state index contributed by atoms with van der Waals surface area (Å²) in [5.41, 5.74) is 1.64. The molecule has 1 aromatic heterocycles. The number of aromatic carboxylic acids is 1. The number of rotatable bonds is 4. The van der Waals surface area contributed by atoms with E-state index in [1.54, 1.807) is 12.1 Å². The average molecular weight is 242 g/mol. The first-order valence-corrected chi connectivity index (χ1v) is 5.75. The molecule has 0 fully saturated rings. The molecule has 92 valence electrons. The fourth-order valence-electron chi connectivity index (χ4n) is 1.88. The first-order chi connectivity index (χ1) is 8.74. The number of carboxylic acid groups (broad SMARTS) is 1. The largest absolute Gasteiger partial charge is 0.476 e. The number of hydrogen-bond acceptors (Lipinski definition) is 3. The molecule has 0 unspecified atom stereocenters. The lowest BCUT2D eigenvalue weighted by atomic mass is 10.2. The van der Waals surface area contributed by atoms with Crippen molar-refractivity contribution in [2.45, 2.75) is 6.92 Å². The third-order valence-corrected chi connectivity index (χ3v) is 2.66. The topological polar surface area (TPSA) is 53.4 Å². The molecule has 0 bridgehead atoms. The number of nitrogens with zero attached hydrogens (tertiary/aromatic N) is 2. The summed E-state index contributed by atoms with van der Waals surface area (Å²) in [5.74, 6) is -1.01. The van der Waals surface area contributed by atoms with Crippen LogP contribution in [0.3, 0.4) is 0 Å². The summed E-state index contributed by atoms with van der Waals surface area (Å²) >= 11 is 0. The zero-order valence-electron chi connectivity index (χ0n) is 10.1. The van der Waals surface area contributed by atoms with E-state index in [4.69, 9.17) is 5.11 Å². The Hall–Kier alpha value is -2.36. The lowest BCUT2D eigenvalue weighted by Gasteiger charge is -2.24. The third kappa shape index (κ3) is 2.32. The van der Waals surface area contributed by atoms with Crippen LogP contribution in [0.4, 0.5) is 11.4 Å². The van der Waals surface area contributed by atoms with Crippen LogP contribution in [0.25, 0.3) is 0 Å². The molecule has 0 aliphatic heterocycles. The molecular weight excluding hydrogens is 228 g/mol. The van der Waals surface area contributed by atoms with Crippen molar-refractivity contribution in [3.05, 3.63) is 54.4 Å². The number of hydrogen-bond donors (Lipinski definition) is 1. The molecule has 1 N–H and O–H groups in total. The van der Waals surface area contributed by atoms with Gasteiger partial charge in [-0.05, 0) is 31.2 Å². The molecule has 4 heteroatoms. The number of pyridine rings is 1. The minimum atomic E-state index is -1.01. The average Bonchev–Trinajstić information content (AvgIpc) is 2.41. The van der Waals surface area contributed by atoms with Gasteiger partial charge in [0.1, 0.15) is 0 Å². The second-order valence-corrected chi connectivity index (χ2v) is 3.76. The molecule has 0 amide bonds. The summed E-state index contributed by atoms with van der Waals surface area (Å²) in [4.78, 5) is 17.0. The summed E-state index contributed by atoms with van der Waals surface area (Å²) in [5, 5.41) is 9.17. The molecule has 0 aliphatic carbocycles. The van der Waals surface area contributed by atoms with Gasteiger partial charge in [-0.2, -0.15) is 0 Å². The molecule has 4 nitrogen and oxygen atoms in total. The van der Waals surface area contributed by atoms with Crippen molar-refractivity contribution in [2.75, 3.05) is 11.4 Å². The van der Waals surface area contributed by atoms with E-state index in [9.17, 15) is 4.79 Å². The second-order valence-electron chi connectivity index (χ2n) is 3.76. The highest BCUT2D eigenvalue weighted by molar-refractivity contribution is 5.93. The molecule has 1 aromatic carbocycles. The fraction of sp³-hybridized carbons (Fsp3) is 0.143. The summed E-state index contributed by atoms with van der Waals surface area (Å²) in [6.07, 6.45) is 1.49. The predicted octanol–water partition coefficient (Wildman–Crippen LogP) is 2.94. The quantitative estimate of drug-likeness (QED) is 0.895. The first kappa shape index (κ1) is 12.1. The Bertz CT molecular complexity index is 541. The molecule has 1 heterocycles. The normalized spacial score (nSPS) is 10.1. The van der Waals surface area contributed by atoms with Crippen molar-refractivity contribution in [1.82, 2.24) is 4.98 Å². The van der Waals surface area contributed by atoms with Crippen LogP contribution >= 0.6 is 0 Å². The van der Waals surface area contributed by atoms with Gasteiger partial charge in [0.25, 0.3) is 0 Å². The van der Waals surface area contributed by atoms with E-state index >= 15 is 0 Å². The van der Waals surface area contributed by atoms with Crippen LogP contribution in [0.1, 0.15) is 17.4 Å². The fourth-order valence-corrected chi connectivity index (χ4v) is 1.88. The van der Waals surface area contributed by atoms with Crippen LogP contribution in [-0.4, -0.2) is 22.6 Å². The van der Waals surface area contributed by atoms with Crippen LogP contribution < -0.4 is 4.90 Å². The van der Waals surface area contributed by atoms with Gasteiger partial charge in [0.2, 0.25) is 0 Å². The van der Waals surface area contributed by atoms with Crippen LogP contribution in [-0.2, 0) is 0 Å². The van der Waals surface area contributed by atoms with Gasteiger partial charge in [0.05, 0.1) is 5.69 Å². The SMILES string of the molecule is CCN(c1ccccc1)c1cccnc1C(=O)O. The summed E-state index contributed by atoms with van der Waals surface area (Å²) in [7, 11) is 0. The molecule has 18 heavy (non-hydrogen) atoms. The van der Waals surface area contributed by atoms with Crippen molar-refractivity contribution in [3.63, 3.8) is 0 Å². The smallest absolute Gasteiger partial charge is 0.356 e. The Morgan fingerprint density at radius 3 is 2.56 bits per heavy atom. The van der Waals surface area contributed by atoms with E-state index in [1.165, 1.54) is 6.20 Å². The van der Waals surface area contributed by atoms with Crippen molar-refractivity contribution < 1.29 is 9.90 Å². The molecule has 2 rings (SSSR count). The van der Waals surface area contributed by atoms with Gasteiger partial charge in [-0.25, -0.2) is 9.78 Å². The minimum absolute atomic E-state index is 0.0724. The van der Waals surface area contributed by atoms with E-state index in [1.807, 2.05) is 42.2 Å². The molecule has 0 atom stereocenters. The molecular formula is C14H14N2O2. The number of benzene rings is 1. The van der Waals surface area contributed by atoms with E-state index in [2.05, 4.69) is 4.98 Å². The molecule has 0 radical (unpaired) electrons. The first-order valence-electron chi connectivity index (χ1n) is 5.75. The number of anilines is 2. The molecule has 0 spiro atoms. The van der Waals surface area contributed by atoms with Crippen LogP contribution in [0.2, 0.25) is 0 Å². The molecule has 0 saturated heterocycles. The highest BCUT2D eigenvalue weighted by Gasteiger charge is 2.16. The molecule has 2 aromatic rings. The minimum Gasteiger partial charge on any atom is -0.476 e. The Balaban J connectivity index is 2.49. The zero-order valence-corrected chi connectivity index (χ0v) is 10.1. The van der Waals surface area contributed by atoms with Gasteiger partial charge in [-0.15, -0.1) is 0 Å². The number of carboxylic acids is 1. The van der Waals surface area contributed by atoms with Gasteiger partial charge < -0.3 is 10.0 Å². The monoisotopic (exact) mass is 242 g/mol. The maximum absolute atomic E-state index is 11.2. The van der Waals surface area contributed by atoms with Crippen LogP contribution in [0.5, 0.6) is 0 Å². The highest BCUT2D eigenvalue weighted by atomic mass is 16.4. The Morgan fingerprint density at radius 1 is 1.22 bits per heavy atom. The maximum Gasteiger partial charge on any atom is 0.356 e.